The molecule has 0 fully saturated rings. The smallest absolute Gasteiger partial charge is 0.387 e. The van der Waals surface area contributed by atoms with Crippen LogP contribution < -0.4 is 15.4 Å². The van der Waals surface area contributed by atoms with Crippen LogP contribution in [-0.2, 0) is 4.79 Å². The second kappa shape index (κ2) is 6.85. The van der Waals surface area contributed by atoms with E-state index in [0.717, 1.165) is 0 Å². The first-order valence-corrected chi connectivity index (χ1v) is 6.34. The van der Waals surface area contributed by atoms with E-state index in [1.165, 1.54) is 18.2 Å². The van der Waals surface area contributed by atoms with Crippen LogP contribution in [0.5, 0.6) is 5.75 Å². The van der Waals surface area contributed by atoms with Crippen molar-refractivity contribution in [2.24, 2.45) is 0 Å². The predicted molar refractivity (Wildman–Crippen MR) is 74.5 cm³/mol. The first kappa shape index (κ1) is 16.7. The number of rotatable bonds is 5. The molecule has 1 rings (SSSR count). The fourth-order valence-electron chi connectivity index (χ4n) is 1.32. The molecule has 0 saturated carbocycles. The van der Waals surface area contributed by atoms with E-state index in [0.29, 0.717) is 5.69 Å². The highest BCUT2D eigenvalue weighted by molar-refractivity contribution is 6.32. The molecule has 0 bridgehead atoms. The SMILES string of the molecule is CC(C)(C)NCC(=O)Nc1ccc(OC(F)F)c(Cl)c1. The van der Waals surface area contributed by atoms with Crippen LogP contribution in [0, 0.1) is 0 Å². The van der Waals surface area contributed by atoms with Gasteiger partial charge in [-0.3, -0.25) is 4.79 Å². The fraction of sp³-hybridized carbons (Fsp3) is 0.462. The molecule has 2 N–H and O–H groups in total. The molecule has 4 nitrogen and oxygen atoms in total. The van der Waals surface area contributed by atoms with Gasteiger partial charge in [0.25, 0.3) is 0 Å². The van der Waals surface area contributed by atoms with E-state index >= 15 is 0 Å². The number of hydrogen-bond acceptors (Lipinski definition) is 3. The van der Waals surface area contributed by atoms with Gasteiger partial charge in [0, 0.05) is 11.2 Å². The molecule has 0 saturated heterocycles. The van der Waals surface area contributed by atoms with Gasteiger partial charge in [-0.15, -0.1) is 0 Å². The van der Waals surface area contributed by atoms with E-state index in [4.69, 9.17) is 11.6 Å². The Morgan fingerprint density at radius 3 is 2.55 bits per heavy atom. The van der Waals surface area contributed by atoms with Crippen molar-refractivity contribution in [3.8, 4) is 5.75 Å². The average molecular weight is 307 g/mol. The van der Waals surface area contributed by atoms with Gasteiger partial charge < -0.3 is 15.4 Å². The van der Waals surface area contributed by atoms with E-state index in [2.05, 4.69) is 15.4 Å². The van der Waals surface area contributed by atoms with E-state index in [1.54, 1.807) is 0 Å². The third-order valence-corrected chi connectivity index (χ3v) is 2.51. The molecule has 0 aliphatic rings. The van der Waals surface area contributed by atoms with Crippen molar-refractivity contribution in [2.75, 3.05) is 11.9 Å². The van der Waals surface area contributed by atoms with E-state index in [1.807, 2.05) is 20.8 Å². The minimum absolute atomic E-state index is 0.00637. The summed E-state index contributed by atoms with van der Waals surface area (Å²) in [4.78, 5) is 11.7. The average Bonchev–Trinajstić information content (AvgIpc) is 2.29. The highest BCUT2D eigenvalue weighted by Crippen LogP contribution is 2.28. The summed E-state index contributed by atoms with van der Waals surface area (Å²) in [6, 6.07) is 4.08. The number of hydrogen-bond donors (Lipinski definition) is 2. The first-order valence-electron chi connectivity index (χ1n) is 5.96. The molecule has 112 valence electrons. The van der Waals surface area contributed by atoms with Gasteiger partial charge in [0.05, 0.1) is 11.6 Å². The number of ether oxygens (including phenoxy) is 1. The lowest BCUT2D eigenvalue weighted by atomic mass is 10.1. The lowest BCUT2D eigenvalue weighted by Crippen LogP contribution is -2.41. The van der Waals surface area contributed by atoms with E-state index in [-0.39, 0.29) is 28.8 Å². The monoisotopic (exact) mass is 306 g/mol. The third-order valence-electron chi connectivity index (χ3n) is 2.21. The second-order valence-electron chi connectivity index (χ2n) is 5.18. The van der Waals surface area contributed by atoms with Gasteiger partial charge in [0.15, 0.2) is 0 Å². The number of carbonyl (C=O) groups is 1. The lowest BCUT2D eigenvalue weighted by molar-refractivity contribution is -0.115. The van der Waals surface area contributed by atoms with Crippen LogP contribution >= 0.6 is 11.6 Å². The van der Waals surface area contributed by atoms with Gasteiger partial charge >= 0.3 is 6.61 Å². The quantitative estimate of drug-likeness (QED) is 0.878. The minimum Gasteiger partial charge on any atom is -0.433 e. The fourth-order valence-corrected chi connectivity index (χ4v) is 1.55. The molecule has 1 amide bonds. The number of halogens is 3. The molecule has 0 unspecified atom stereocenters. The summed E-state index contributed by atoms with van der Waals surface area (Å²) >= 11 is 5.78. The molecule has 1 aromatic carbocycles. The van der Waals surface area contributed by atoms with Gasteiger partial charge in [-0.1, -0.05) is 11.6 Å². The molecule has 1 aromatic rings. The molecule has 0 aliphatic carbocycles. The van der Waals surface area contributed by atoms with Crippen molar-refractivity contribution in [3.63, 3.8) is 0 Å². The Hall–Kier alpha value is -1.40. The lowest BCUT2D eigenvalue weighted by Gasteiger charge is -2.20. The number of amides is 1. The molecule has 0 heterocycles. The number of benzene rings is 1. The van der Waals surface area contributed by atoms with Crippen LogP contribution in [0.1, 0.15) is 20.8 Å². The maximum absolute atomic E-state index is 12.1. The Bertz CT molecular complexity index is 476. The molecular formula is C13H17ClF2N2O2. The highest BCUT2D eigenvalue weighted by atomic mass is 35.5. The molecule has 0 atom stereocenters. The Morgan fingerprint density at radius 1 is 1.40 bits per heavy atom. The van der Waals surface area contributed by atoms with Gasteiger partial charge in [0.1, 0.15) is 5.75 Å². The summed E-state index contributed by atoms with van der Waals surface area (Å²) < 4.78 is 28.3. The Morgan fingerprint density at radius 2 is 2.05 bits per heavy atom. The zero-order valence-corrected chi connectivity index (χ0v) is 12.2. The summed E-state index contributed by atoms with van der Waals surface area (Å²) in [6.45, 7) is 3.01. The van der Waals surface area contributed by atoms with Crippen molar-refractivity contribution < 1.29 is 18.3 Å². The second-order valence-corrected chi connectivity index (χ2v) is 5.58. The van der Waals surface area contributed by atoms with Gasteiger partial charge in [-0.05, 0) is 39.0 Å². The van der Waals surface area contributed by atoms with E-state index < -0.39 is 6.61 Å². The van der Waals surface area contributed by atoms with Gasteiger partial charge in [0.2, 0.25) is 5.91 Å². The zero-order chi connectivity index (χ0) is 15.3. The van der Waals surface area contributed by atoms with Crippen molar-refractivity contribution >= 4 is 23.2 Å². The molecular weight excluding hydrogens is 290 g/mol. The maximum Gasteiger partial charge on any atom is 0.387 e. The predicted octanol–water partition coefficient (Wildman–Crippen LogP) is 3.27. The number of carbonyl (C=O) groups excluding carboxylic acids is 1. The Balaban J connectivity index is 2.60. The van der Waals surface area contributed by atoms with Gasteiger partial charge in [-0.25, -0.2) is 0 Å². The van der Waals surface area contributed by atoms with Crippen LogP contribution in [0.2, 0.25) is 5.02 Å². The number of nitrogens with one attached hydrogen (secondary N) is 2. The largest absolute Gasteiger partial charge is 0.433 e. The highest BCUT2D eigenvalue weighted by Gasteiger charge is 2.13. The van der Waals surface area contributed by atoms with Crippen LogP contribution in [0.15, 0.2) is 18.2 Å². The summed E-state index contributed by atoms with van der Waals surface area (Å²) in [5.41, 5.74) is 0.238. The van der Waals surface area contributed by atoms with Crippen LogP contribution in [0.25, 0.3) is 0 Å². The minimum atomic E-state index is -2.94. The maximum atomic E-state index is 12.1. The molecule has 0 aliphatic heterocycles. The Kier molecular flexibility index (Phi) is 5.71. The standard InChI is InChI=1S/C13H17ClF2N2O2/c1-13(2,3)17-7-11(19)18-8-4-5-10(9(14)6-8)20-12(15)16/h4-6,12,17H,7H2,1-3H3,(H,18,19). The van der Waals surface area contributed by atoms with Crippen molar-refractivity contribution in [1.29, 1.82) is 0 Å². The van der Waals surface area contributed by atoms with Crippen LogP contribution in [0.4, 0.5) is 14.5 Å². The molecule has 0 radical (unpaired) electrons. The Labute approximate surface area is 121 Å². The molecule has 20 heavy (non-hydrogen) atoms. The van der Waals surface area contributed by atoms with Gasteiger partial charge in [-0.2, -0.15) is 8.78 Å². The third kappa shape index (κ3) is 6.16. The van der Waals surface area contributed by atoms with E-state index in [9.17, 15) is 13.6 Å². The molecule has 0 spiro atoms. The van der Waals surface area contributed by atoms with Crippen molar-refractivity contribution in [2.45, 2.75) is 32.9 Å². The summed E-state index contributed by atoms with van der Waals surface area (Å²) in [6.07, 6.45) is 0. The zero-order valence-electron chi connectivity index (χ0n) is 11.5. The molecule has 7 heteroatoms. The van der Waals surface area contributed by atoms with Crippen LogP contribution in [0.3, 0.4) is 0 Å². The molecule has 0 aromatic heterocycles. The summed E-state index contributed by atoms with van der Waals surface area (Å²) in [7, 11) is 0. The summed E-state index contributed by atoms with van der Waals surface area (Å²) in [5.74, 6) is -0.383. The number of anilines is 1. The normalized spacial score (nSPS) is 11.6. The topological polar surface area (TPSA) is 50.4 Å². The summed E-state index contributed by atoms with van der Waals surface area (Å²) in [5, 5.41) is 5.64. The number of alkyl halides is 2. The van der Waals surface area contributed by atoms with Crippen LogP contribution in [-0.4, -0.2) is 24.6 Å². The van der Waals surface area contributed by atoms with Crippen molar-refractivity contribution in [1.82, 2.24) is 5.32 Å². The first-order chi connectivity index (χ1) is 9.17. The van der Waals surface area contributed by atoms with Crippen molar-refractivity contribution in [3.05, 3.63) is 23.2 Å².